The van der Waals surface area contributed by atoms with Crippen LogP contribution in [0.2, 0.25) is 0 Å². The third-order valence-electron chi connectivity index (χ3n) is 5.21. The van der Waals surface area contributed by atoms with E-state index in [0.717, 1.165) is 0 Å². The Bertz CT molecular complexity index is 457. The molecule has 1 saturated carbocycles. The predicted octanol–water partition coefficient (Wildman–Crippen LogP) is 4.48. The molecular weight excluding hydrogens is 230 g/mol. The van der Waals surface area contributed by atoms with Crippen LogP contribution in [0.3, 0.4) is 0 Å². The van der Waals surface area contributed by atoms with Crippen molar-refractivity contribution in [3.63, 3.8) is 0 Å². The van der Waals surface area contributed by atoms with Crippen molar-refractivity contribution >= 4 is 0 Å². The van der Waals surface area contributed by atoms with Gasteiger partial charge in [0.2, 0.25) is 0 Å². The second-order valence-corrected chi connectivity index (χ2v) is 7.43. The Morgan fingerprint density at radius 3 is 2.63 bits per heavy atom. The number of hydrogen-bond acceptors (Lipinski definition) is 1. The fraction of sp³-hybridized carbons (Fsp3) is 0.667. The van der Waals surface area contributed by atoms with Crippen LogP contribution in [0.25, 0.3) is 0 Å². The molecule has 0 radical (unpaired) electrons. The van der Waals surface area contributed by atoms with Crippen LogP contribution in [-0.4, -0.2) is 6.54 Å². The van der Waals surface area contributed by atoms with Crippen molar-refractivity contribution < 1.29 is 0 Å². The summed E-state index contributed by atoms with van der Waals surface area (Å²) in [6, 6.07) is 9.53. The molecule has 0 aliphatic heterocycles. The molecule has 1 unspecified atom stereocenters. The van der Waals surface area contributed by atoms with Gasteiger partial charge in [0.25, 0.3) is 0 Å². The number of fused-ring (bicyclic) bond motifs is 1. The largest absolute Gasteiger partial charge is 0.309 e. The van der Waals surface area contributed by atoms with Gasteiger partial charge in [-0.3, -0.25) is 0 Å². The second-order valence-electron chi connectivity index (χ2n) is 7.43. The molecule has 1 heteroatoms. The molecule has 1 N–H and O–H groups in total. The first-order chi connectivity index (χ1) is 9.06. The van der Waals surface area contributed by atoms with Crippen LogP contribution < -0.4 is 5.32 Å². The monoisotopic (exact) mass is 257 g/mol. The lowest BCUT2D eigenvalue weighted by Crippen LogP contribution is -2.35. The van der Waals surface area contributed by atoms with Gasteiger partial charge in [0.05, 0.1) is 0 Å². The Balaban J connectivity index is 1.73. The molecule has 0 amide bonds. The molecule has 1 fully saturated rings. The zero-order chi connectivity index (χ0) is 13.5. The molecule has 104 valence electrons. The van der Waals surface area contributed by atoms with Crippen LogP contribution in [-0.2, 0) is 6.42 Å². The van der Waals surface area contributed by atoms with Crippen LogP contribution in [0.5, 0.6) is 0 Å². The van der Waals surface area contributed by atoms with Gasteiger partial charge in [0, 0.05) is 12.6 Å². The highest BCUT2D eigenvalue weighted by molar-refractivity contribution is 5.37. The van der Waals surface area contributed by atoms with Crippen molar-refractivity contribution in [3.05, 3.63) is 35.4 Å². The van der Waals surface area contributed by atoms with Crippen LogP contribution in [0, 0.1) is 10.8 Å². The minimum Gasteiger partial charge on any atom is -0.309 e. The zero-order valence-electron chi connectivity index (χ0n) is 12.6. The maximum Gasteiger partial charge on any atom is 0.0377 e. The predicted molar refractivity (Wildman–Crippen MR) is 81.2 cm³/mol. The van der Waals surface area contributed by atoms with Gasteiger partial charge in [0.1, 0.15) is 0 Å². The molecule has 0 aromatic heterocycles. The Kier molecular flexibility index (Phi) is 3.21. The van der Waals surface area contributed by atoms with Crippen LogP contribution in [0.1, 0.15) is 63.6 Å². The molecule has 0 saturated heterocycles. The lowest BCUT2D eigenvalue weighted by Gasteiger charge is -2.30. The van der Waals surface area contributed by atoms with E-state index in [-0.39, 0.29) is 0 Å². The molecule has 19 heavy (non-hydrogen) atoms. The first kappa shape index (κ1) is 13.2. The second kappa shape index (κ2) is 4.63. The molecule has 1 nitrogen and oxygen atoms in total. The maximum absolute atomic E-state index is 3.92. The van der Waals surface area contributed by atoms with Gasteiger partial charge in [-0.25, -0.2) is 0 Å². The fourth-order valence-electron chi connectivity index (χ4n) is 3.92. The van der Waals surface area contributed by atoms with Crippen LogP contribution >= 0.6 is 0 Å². The molecule has 0 bridgehead atoms. The quantitative estimate of drug-likeness (QED) is 0.820. The van der Waals surface area contributed by atoms with Gasteiger partial charge < -0.3 is 5.32 Å². The number of benzene rings is 1. The van der Waals surface area contributed by atoms with Gasteiger partial charge in [0.15, 0.2) is 0 Å². The first-order valence-corrected chi connectivity index (χ1v) is 7.88. The first-order valence-electron chi connectivity index (χ1n) is 7.88. The Labute approximate surface area is 117 Å². The van der Waals surface area contributed by atoms with E-state index in [1.165, 1.54) is 38.6 Å². The van der Waals surface area contributed by atoms with Crippen molar-refractivity contribution in [2.24, 2.45) is 10.8 Å². The molecular formula is C18H27N. The Morgan fingerprint density at radius 1 is 1.21 bits per heavy atom. The van der Waals surface area contributed by atoms with Gasteiger partial charge in [-0.2, -0.15) is 0 Å². The molecule has 1 aromatic rings. The normalized spacial score (nSPS) is 26.2. The summed E-state index contributed by atoms with van der Waals surface area (Å²) >= 11 is 0. The van der Waals surface area contributed by atoms with Crippen molar-refractivity contribution in [2.45, 2.75) is 58.9 Å². The standard InChI is InChI=1S/C18H27N/c1-4-9-18(10-11-18)13-19-16-15-8-6-5-7-14(15)12-17(16,2)3/h5-8,16,19H,4,9-13H2,1-3H3. The number of hydrogen-bond donors (Lipinski definition) is 1. The molecule has 2 aliphatic carbocycles. The van der Waals surface area contributed by atoms with Gasteiger partial charge in [-0.15, -0.1) is 0 Å². The fourth-order valence-corrected chi connectivity index (χ4v) is 3.92. The maximum atomic E-state index is 3.92. The summed E-state index contributed by atoms with van der Waals surface area (Å²) in [7, 11) is 0. The van der Waals surface area contributed by atoms with Crippen molar-refractivity contribution in [1.29, 1.82) is 0 Å². The van der Waals surface area contributed by atoms with E-state index in [1.54, 1.807) is 11.1 Å². The minimum absolute atomic E-state index is 0.353. The van der Waals surface area contributed by atoms with E-state index in [2.05, 4.69) is 50.4 Å². The summed E-state index contributed by atoms with van der Waals surface area (Å²) < 4.78 is 0. The van der Waals surface area contributed by atoms with E-state index >= 15 is 0 Å². The third kappa shape index (κ3) is 2.45. The van der Waals surface area contributed by atoms with Gasteiger partial charge in [-0.05, 0) is 47.6 Å². The van der Waals surface area contributed by atoms with E-state index < -0.39 is 0 Å². The summed E-state index contributed by atoms with van der Waals surface area (Å²) in [5.74, 6) is 0. The lowest BCUT2D eigenvalue weighted by atomic mass is 9.85. The summed E-state index contributed by atoms with van der Waals surface area (Å²) in [5, 5.41) is 3.92. The van der Waals surface area contributed by atoms with E-state index in [1.807, 2.05) is 0 Å². The Morgan fingerprint density at radius 2 is 1.95 bits per heavy atom. The van der Waals surface area contributed by atoms with Crippen molar-refractivity contribution in [2.75, 3.05) is 6.54 Å². The average molecular weight is 257 g/mol. The van der Waals surface area contributed by atoms with Crippen molar-refractivity contribution in [1.82, 2.24) is 5.32 Å². The third-order valence-corrected chi connectivity index (χ3v) is 5.21. The Hall–Kier alpha value is -0.820. The minimum atomic E-state index is 0.353. The van der Waals surface area contributed by atoms with E-state index in [0.29, 0.717) is 16.9 Å². The highest BCUT2D eigenvalue weighted by Crippen LogP contribution is 2.51. The topological polar surface area (TPSA) is 12.0 Å². The zero-order valence-corrected chi connectivity index (χ0v) is 12.6. The van der Waals surface area contributed by atoms with Gasteiger partial charge >= 0.3 is 0 Å². The molecule has 0 heterocycles. The average Bonchev–Trinajstić information content (AvgIpc) is 3.05. The summed E-state index contributed by atoms with van der Waals surface area (Å²) in [6.07, 6.45) is 6.80. The lowest BCUT2D eigenvalue weighted by molar-refractivity contribution is 0.250. The molecule has 1 aromatic carbocycles. The summed E-state index contributed by atoms with van der Waals surface area (Å²) in [5.41, 5.74) is 4.08. The van der Waals surface area contributed by atoms with Crippen LogP contribution in [0.4, 0.5) is 0 Å². The van der Waals surface area contributed by atoms with E-state index in [4.69, 9.17) is 0 Å². The SMILES string of the molecule is CCCC1(CNC2c3ccccc3CC2(C)C)CC1. The molecule has 1 atom stereocenters. The number of rotatable bonds is 5. The van der Waals surface area contributed by atoms with Gasteiger partial charge in [-0.1, -0.05) is 51.5 Å². The summed E-state index contributed by atoms with van der Waals surface area (Å²) in [6.45, 7) is 8.34. The van der Waals surface area contributed by atoms with Crippen LogP contribution in [0.15, 0.2) is 24.3 Å². The smallest absolute Gasteiger partial charge is 0.0377 e. The highest BCUT2D eigenvalue weighted by Gasteiger charge is 2.44. The molecule has 2 aliphatic rings. The van der Waals surface area contributed by atoms with E-state index in [9.17, 15) is 0 Å². The molecule has 0 spiro atoms. The van der Waals surface area contributed by atoms with Crippen molar-refractivity contribution in [3.8, 4) is 0 Å². The highest BCUT2D eigenvalue weighted by atomic mass is 15.0. The summed E-state index contributed by atoms with van der Waals surface area (Å²) in [4.78, 5) is 0. The molecule has 3 rings (SSSR count). The number of nitrogens with one attached hydrogen (secondary N) is 1.